The van der Waals surface area contributed by atoms with Crippen LogP contribution in [0, 0.1) is 0 Å². The summed E-state index contributed by atoms with van der Waals surface area (Å²) in [5, 5.41) is 0. The molecule has 1 heterocycles. The van der Waals surface area contributed by atoms with E-state index in [1.165, 1.54) is 0 Å². The predicted molar refractivity (Wildman–Crippen MR) is 194 cm³/mol. The molecule has 0 spiro atoms. The molecule has 0 amide bonds. The minimum absolute atomic E-state index is 0.0739. The third kappa shape index (κ3) is 14.3. The predicted octanol–water partition coefficient (Wildman–Crippen LogP) is 3.88. The van der Waals surface area contributed by atoms with Crippen molar-refractivity contribution in [2.75, 3.05) is 59.5 Å². The maximum atomic E-state index is 13.8. The molecule has 0 saturated carbocycles. The minimum atomic E-state index is -3.01. The fraction of sp³-hybridized carbons (Fsp3) is 0.903. The minimum Gasteiger partial charge on any atom is -0.374 e. The number of hydrogen-bond acceptors (Lipinski definition) is 12. The van der Waals surface area contributed by atoms with Crippen LogP contribution in [0.5, 0.6) is 0 Å². The van der Waals surface area contributed by atoms with Crippen molar-refractivity contribution in [3.05, 3.63) is 31.5 Å². The molecule has 49 heavy (non-hydrogen) atoms. The summed E-state index contributed by atoms with van der Waals surface area (Å²) in [6.45, 7) is 21.1. The average Bonchev–Trinajstić information content (AvgIpc) is 3.05. The molecule has 0 aromatic carbocycles. The summed E-state index contributed by atoms with van der Waals surface area (Å²) >= 11 is 0. The Balaban J connectivity index is 3.45. The van der Waals surface area contributed by atoms with Gasteiger partial charge < -0.3 is 39.8 Å². The Hall–Kier alpha value is -1.30. The first-order valence-electron chi connectivity index (χ1n) is 18.3. The van der Waals surface area contributed by atoms with Gasteiger partial charge in [0.05, 0.1) is 0 Å². The van der Waals surface area contributed by atoms with Crippen molar-refractivity contribution in [3.8, 4) is 0 Å². The molecule has 0 bridgehead atoms. The van der Waals surface area contributed by atoms with E-state index in [4.69, 9.17) is 39.8 Å². The molecule has 18 heteroatoms. The van der Waals surface area contributed by atoms with E-state index in [2.05, 4.69) is 0 Å². The van der Waals surface area contributed by atoms with Crippen molar-refractivity contribution in [2.24, 2.45) is 0 Å². The van der Waals surface area contributed by atoms with Crippen molar-refractivity contribution in [3.63, 3.8) is 0 Å². The van der Waals surface area contributed by atoms with Gasteiger partial charge in [-0.1, -0.05) is 0 Å². The van der Waals surface area contributed by atoms with Gasteiger partial charge in [-0.2, -0.15) is 0 Å². The molecule has 0 saturated heterocycles. The van der Waals surface area contributed by atoms with Gasteiger partial charge in [-0.3, -0.25) is 0 Å². The lowest BCUT2D eigenvalue weighted by Gasteiger charge is -2.29. The second kappa shape index (κ2) is 24.8. The highest BCUT2D eigenvalue weighted by Crippen LogP contribution is 2.21. The first-order chi connectivity index (χ1) is 23.6. The van der Waals surface area contributed by atoms with Gasteiger partial charge >= 0.3 is 43.5 Å². The Morgan fingerprint density at radius 2 is 0.551 bits per heavy atom. The summed E-state index contributed by atoms with van der Waals surface area (Å²) in [5.41, 5.74) is -1.95. The lowest BCUT2D eigenvalue weighted by Crippen LogP contribution is -2.55. The lowest BCUT2D eigenvalue weighted by atomic mass is 10.3. The number of aromatic nitrogens is 3. The fourth-order valence-corrected chi connectivity index (χ4v) is 13.7. The molecular formula is C31H65N3O12Si3. The molecule has 1 aromatic heterocycles. The van der Waals surface area contributed by atoms with Gasteiger partial charge in [-0.05, 0) is 88.0 Å². The second-order valence-electron chi connectivity index (χ2n) is 10.9. The number of rotatable bonds is 31. The zero-order chi connectivity index (χ0) is 36.8. The standard InChI is InChI=1S/C31H65N3O12Si3/c1-10-38-47(39-11-2,40-12-3)26-20-19-23-32-29(35)33(24-21-27-48(41-13-4,42-14-5)43-15-6)31(37)34(30(32)36)25-22-28-49(44-16-7,45-17-8)46-18-9/h10-28H2,1-9H3. The summed E-state index contributed by atoms with van der Waals surface area (Å²) in [6, 6.07) is 1.37. The van der Waals surface area contributed by atoms with Crippen LogP contribution in [-0.2, 0) is 59.5 Å². The average molecular weight is 756 g/mol. The van der Waals surface area contributed by atoms with Gasteiger partial charge in [-0.25, -0.2) is 28.1 Å². The lowest BCUT2D eigenvalue weighted by molar-refractivity contribution is 0.0695. The molecule has 1 aromatic rings. The third-order valence-electron chi connectivity index (χ3n) is 7.51. The quantitative estimate of drug-likeness (QED) is 0.0800. The zero-order valence-electron chi connectivity index (χ0n) is 31.7. The van der Waals surface area contributed by atoms with Gasteiger partial charge in [0.1, 0.15) is 0 Å². The molecule has 15 nitrogen and oxygen atoms in total. The summed E-state index contributed by atoms with van der Waals surface area (Å²) in [4.78, 5) is 41.4. The van der Waals surface area contributed by atoms with E-state index < -0.39 is 43.5 Å². The normalized spacial score (nSPS) is 12.7. The van der Waals surface area contributed by atoms with Crippen LogP contribution in [0.25, 0.3) is 0 Å². The first-order valence-corrected chi connectivity index (χ1v) is 24.1. The van der Waals surface area contributed by atoms with E-state index >= 15 is 0 Å². The summed E-state index contributed by atoms with van der Waals surface area (Å²) < 4.78 is 57.2. The maximum absolute atomic E-state index is 13.8. The highest BCUT2D eigenvalue weighted by Gasteiger charge is 2.41. The largest absolute Gasteiger partial charge is 0.500 e. The summed E-state index contributed by atoms with van der Waals surface area (Å²) in [7, 11) is -8.92. The van der Waals surface area contributed by atoms with E-state index in [1.807, 2.05) is 62.3 Å². The first kappa shape index (κ1) is 45.7. The van der Waals surface area contributed by atoms with Crippen molar-refractivity contribution in [1.82, 2.24) is 13.7 Å². The Labute approximate surface area is 296 Å². The topological polar surface area (TPSA) is 149 Å². The van der Waals surface area contributed by atoms with Crippen LogP contribution < -0.4 is 17.1 Å². The Bertz CT molecular complexity index is 1090. The van der Waals surface area contributed by atoms with Crippen molar-refractivity contribution in [1.29, 1.82) is 0 Å². The summed E-state index contributed by atoms with van der Waals surface area (Å²) in [5.74, 6) is 0. The molecule has 0 fully saturated rings. The van der Waals surface area contributed by atoms with Crippen LogP contribution in [0.15, 0.2) is 14.4 Å². The molecule has 288 valence electrons. The Morgan fingerprint density at radius 3 is 0.776 bits per heavy atom. The number of hydrogen-bond donors (Lipinski definition) is 0. The van der Waals surface area contributed by atoms with Crippen LogP contribution in [0.1, 0.15) is 88.0 Å². The molecule has 0 unspecified atom stereocenters. The smallest absolute Gasteiger partial charge is 0.374 e. The molecule has 0 radical (unpaired) electrons. The van der Waals surface area contributed by atoms with Crippen LogP contribution >= 0.6 is 0 Å². The van der Waals surface area contributed by atoms with Crippen LogP contribution in [-0.4, -0.2) is 99.6 Å². The molecule has 0 aliphatic rings. The highest BCUT2D eigenvalue weighted by molar-refractivity contribution is 6.61. The van der Waals surface area contributed by atoms with Gasteiger partial charge in [0.15, 0.2) is 0 Å². The molecular weight excluding hydrogens is 691 g/mol. The van der Waals surface area contributed by atoms with Gasteiger partial charge in [0.2, 0.25) is 0 Å². The monoisotopic (exact) mass is 755 g/mol. The number of unbranched alkanes of at least 4 members (excludes halogenated alkanes) is 1. The van der Waals surface area contributed by atoms with Crippen LogP contribution in [0.2, 0.25) is 18.1 Å². The van der Waals surface area contributed by atoms with E-state index in [-0.39, 0.29) is 19.6 Å². The molecule has 0 atom stereocenters. The van der Waals surface area contributed by atoms with Gasteiger partial charge in [0, 0.05) is 97.2 Å². The second-order valence-corrected chi connectivity index (χ2v) is 19.1. The van der Waals surface area contributed by atoms with E-state index in [9.17, 15) is 14.4 Å². The van der Waals surface area contributed by atoms with Crippen molar-refractivity contribution in [2.45, 2.75) is 126 Å². The maximum Gasteiger partial charge on any atom is 0.500 e. The van der Waals surface area contributed by atoms with Crippen molar-refractivity contribution >= 4 is 26.4 Å². The van der Waals surface area contributed by atoms with E-state index in [1.54, 1.807) is 0 Å². The molecule has 1 rings (SSSR count). The van der Waals surface area contributed by atoms with Crippen LogP contribution in [0.3, 0.4) is 0 Å². The molecule has 0 aliphatic heterocycles. The Morgan fingerprint density at radius 1 is 0.347 bits per heavy atom. The zero-order valence-corrected chi connectivity index (χ0v) is 34.7. The van der Waals surface area contributed by atoms with Crippen LogP contribution in [0.4, 0.5) is 0 Å². The number of nitrogens with zero attached hydrogens (tertiary/aromatic N) is 3. The SMILES string of the molecule is CCO[Si](CCCCn1c(=O)n(CCC[Si](OCC)(OCC)OCC)c(=O)n(CCC[Si](OCC)(OCC)OCC)c1=O)(OCC)OCC. The fourth-order valence-electron chi connectivity index (χ4n) is 5.78. The molecule has 0 N–H and O–H groups in total. The van der Waals surface area contributed by atoms with Gasteiger partial charge in [-0.15, -0.1) is 0 Å². The Kier molecular flexibility index (Phi) is 23.1. The molecule has 0 aliphatic carbocycles. The highest BCUT2D eigenvalue weighted by atomic mass is 28.4. The van der Waals surface area contributed by atoms with Crippen molar-refractivity contribution < 1.29 is 39.8 Å². The van der Waals surface area contributed by atoms with E-state index in [0.717, 1.165) is 13.7 Å². The summed E-state index contributed by atoms with van der Waals surface area (Å²) in [6.07, 6.45) is 1.87. The van der Waals surface area contributed by atoms with E-state index in [0.29, 0.717) is 103 Å². The third-order valence-corrected chi connectivity index (χ3v) is 17.0. The van der Waals surface area contributed by atoms with Gasteiger partial charge in [0.25, 0.3) is 0 Å².